The van der Waals surface area contributed by atoms with Crippen molar-refractivity contribution in [1.82, 2.24) is 9.55 Å². The van der Waals surface area contributed by atoms with Crippen molar-refractivity contribution in [3.05, 3.63) is 41.7 Å². The molecule has 0 atom stereocenters. The molecule has 1 aromatic heterocycles. The van der Waals surface area contributed by atoms with Gasteiger partial charge in [-0.1, -0.05) is 0 Å². The van der Waals surface area contributed by atoms with Crippen LogP contribution in [-0.4, -0.2) is 15.6 Å². The Balaban J connectivity index is 2.00. The molecular weight excluding hydrogens is 236 g/mol. The minimum Gasteiger partial charge on any atom is -0.353 e. The van der Waals surface area contributed by atoms with E-state index in [4.69, 9.17) is 0 Å². The van der Waals surface area contributed by atoms with Gasteiger partial charge in [-0.25, -0.2) is 13.8 Å². The predicted octanol–water partition coefficient (Wildman–Crippen LogP) is 3.03. The van der Waals surface area contributed by atoms with Crippen LogP contribution in [0.5, 0.6) is 0 Å². The Morgan fingerprint density at radius 1 is 1.28 bits per heavy atom. The molecule has 0 spiro atoms. The Bertz CT molecular complexity index is 588. The molecule has 0 aliphatic heterocycles. The van der Waals surface area contributed by atoms with E-state index in [2.05, 4.69) is 10.3 Å². The summed E-state index contributed by atoms with van der Waals surface area (Å²) in [7, 11) is 0. The van der Waals surface area contributed by atoms with Crippen molar-refractivity contribution in [3.63, 3.8) is 0 Å². The third kappa shape index (κ3) is 2.08. The first-order chi connectivity index (χ1) is 8.63. The SMILES string of the molecule is Cc1cn(-c2ccc(F)c(F)c2)c(NC2CC2)n1. The lowest BCUT2D eigenvalue weighted by atomic mass is 10.3. The molecule has 1 aliphatic rings. The van der Waals surface area contributed by atoms with Gasteiger partial charge in [0.05, 0.1) is 11.4 Å². The standard InChI is InChI=1S/C13H13F2N3/c1-8-7-18(13(16-8)17-9-2-3-9)10-4-5-11(14)12(15)6-10/h4-7,9H,2-3H2,1H3,(H,16,17). The Labute approximate surface area is 103 Å². The quantitative estimate of drug-likeness (QED) is 0.906. The fraction of sp³-hybridized carbons (Fsp3) is 0.308. The van der Waals surface area contributed by atoms with Crippen LogP contribution in [-0.2, 0) is 0 Å². The molecular formula is C13H13F2N3. The molecule has 18 heavy (non-hydrogen) atoms. The number of benzene rings is 1. The van der Waals surface area contributed by atoms with E-state index in [0.29, 0.717) is 17.7 Å². The van der Waals surface area contributed by atoms with E-state index in [1.165, 1.54) is 12.1 Å². The lowest BCUT2D eigenvalue weighted by Crippen LogP contribution is -2.08. The van der Waals surface area contributed by atoms with Crippen molar-refractivity contribution in [2.45, 2.75) is 25.8 Å². The van der Waals surface area contributed by atoms with Gasteiger partial charge in [-0.2, -0.15) is 0 Å². The molecule has 3 nitrogen and oxygen atoms in total. The van der Waals surface area contributed by atoms with Gasteiger partial charge in [-0.3, -0.25) is 4.57 Å². The number of imidazole rings is 1. The number of nitrogens with zero attached hydrogens (tertiary/aromatic N) is 2. The lowest BCUT2D eigenvalue weighted by molar-refractivity contribution is 0.508. The number of rotatable bonds is 3. The minimum atomic E-state index is -0.851. The van der Waals surface area contributed by atoms with E-state index in [1.54, 1.807) is 10.8 Å². The van der Waals surface area contributed by atoms with Crippen LogP contribution in [0.15, 0.2) is 24.4 Å². The monoisotopic (exact) mass is 249 g/mol. The maximum absolute atomic E-state index is 13.2. The van der Waals surface area contributed by atoms with Gasteiger partial charge in [0.15, 0.2) is 11.6 Å². The van der Waals surface area contributed by atoms with Crippen LogP contribution in [0.25, 0.3) is 5.69 Å². The van der Waals surface area contributed by atoms with Crippen LogP contribution in [0.4, 0.5) is 14.7 Å². The van der Waals surface area contributed by atoms with Gasteiger partial charge in [-0.15, -0.1) is 0 Å². The van der Waals surface area contributed by atoms with Crippen LogP contribution in [0, 0.1) is 18.6 Å². The van der Waals surface area contributed by atoms with Gasteiger partial charge in [0.1, 0.15) is 0 Å². The summed E-state index contributed by atoms with van der Waals surface area (Å²) >= 11 is 0. The molecule has 0 radical (unpaired) electrons. The molecule has 1 aromatic carbocycles. The summed E-state index contributed by atoms with van der Waals surface area (Å²) in [6.45, 7) is 1.87. The highest BCUT2D eigenvalue weighted by molar-refractivity contribution is 5.44. The average Bonchev–Trinajstić information content (AvgIpc) is 3.06. The summed E-state index contributed by atoms with van der Waals surface area (Å²) in [6, 6.07) is 4.29. The number of aryl methyl sites for hydroxylation is 1. The van der Waals surface area contributed by atoms with Gasteiger partial charge in [-0.05, 0) is 31.9 Å². The highest BCUT2D eigenvalue weighted by atomic mass is 19.2. The molecule has 1 heterocycles. The highest BCUT2D eigenvalue weighted by Crippen LogP contribution is 2.26. The number of hydrogen-bond acceptors (Lipinski definition) is 2. The molecule has 1 N–H and O–H groups in total. The summed E-state index contributed by atoms with van der Waals surface area (Å²) in [5.74, 6) is -1.01. The van der Waals surface area contributed by atoms with E-state index in [9.17, 15) is 8.78 Å². The zero-order chi connectivity index (χ0) is 12.7. The molecule has 0 saturated heterocycles. The van der Waals surface area contributed by atoms with Gasteiger partial charge in [0.25, 0.3) is 0 Å². The van der Waals surface area contributed by atoms with Crippen LogP contribution >= 0.6 is 0 Å². The molecule has 1 saturated carbocycles. The zero-order valence-electron chi connectivity index (χ0n) is 9.95. The summed E-state index contributed by atoms with van der Waals surface area (Å²) in [6.07, 6.45) is 4.06. The van der Waals surface area contributed by atoms with Crippen LogP contribution in [0.1, 0.15) is 18.5 Å². The second-order valence-electron chi connectivity index (χ2n) is 4.59. The molecule has 94 valence electrons. The third-order valence-electron chi connectivity index (χ3n) is 2.92. The van der Waals surface area contributed by atoms with Crippen molar-refractivity contribution >= 4 is 5.95 Å². The Kier molecular flexibility index (Phi) is 2.54. The van der Waals surface area contributed by atoms with E-state index < -0.39 is 11.6 Å². The smallest absolute Gasteiger partial charge is 0.207 e. The molecule has 3 rings (SSSR count). The Morgan fingerprint density at radius 2 is 2.06 bits per heavy atom. The Hall–Kier alpha value is -1.91. The topological polar surface area (TPSA) is 29.9 Å². The Morgan fingerprint density at radius 3 is 2.72 bits per heavy atom. The second-order valence-corrected chi connectivity index (χ2v) is 4.59. The van der Waals surface area contributed by atoms with Gasteiger partial charge in [0.2, 0.25) is 5.95 Å². The number of hydrogen-bond donors (Lipinski definition) is 1. The highest BCUT2D eigenvalue weighted by Gasteiger charge is 2.23. The summed E-state index contributed by atoms with van der Waals surface area (Å²) in [5, 5.41) is 3.27. The fourth-order valence-electron chi connectivity index (χ4n) is 1.84. The minimum absolute atomic E-state index is 0.454. The van der Waals surface area contributed by atoms with E-state index in [-0.39, 0.29) is 0 Å². The summed E-state index contributed by atoms with van der Waals surface area (Å²) in [5.41, 5.74) is 1.40. The number of nitrogens with one attached hydrogen (secondary N) is 1. The van der Waals surface area contributed by atoms with Crippen molar-refractivity contribution in [2.24, 2.45) is 0 Å². The third-order valence-corrected chi connectivity index (χ3v) is 2.92. The number of aromatic nitrogens is 2. The van der Waals surface area contributed by atoms with Crippen LogP contribution in [0.3, 0.4) is 0 Å². The molecule has 5 heteroatoms. The zero-order valence-corrected chi connectivity index (χ0v) is 9.95. The fourth-order valence-corrected chi connectivity index (χ4v) is 1.84. The molecule has 0 unspecified atom stereocenters. The maximum atomic E-state index is 13.2. The van der Waals surface area contributed by atoms with E-state index in [0.717, 1.165) is 24.6 Å². The normalized spacial score (nSPS) is 14.8. The molecule has 0 amide bonds. The van der Waals surface area contributed by atoms with Gasteiger partial charge in [0, 0.05) is 18.3 Å². The van der Waals surface area contributed by atoms with Gasteiger partial charge >= 0.3 is 0 Å². The summed E-state index contributed by atoms with van der Waals surface area (Å²) < 4.78 is 27.9. The van der Waals surface area contributed by atoms with E-state index >= 15 is 0 Å². The summed E-state index contributed by atoms with van der Waals surface area (Å²) in [4.78, 5) is 4.35. The number of anilines is 1. The molecule has 0 bridgehead atoms. The number of halogens is 2. The van der Waals surface area contributed by atoms with Crippen molar-refractivity contribution in [3.8, 4) is 5.69 Å². The first-order valence-corrected chi connectivity index (χ1v) is 5.91. The average molecular weight is 249 g/mol. The molecule has 1 aliphatic carbocycles. The van der Waals surface area contributed by atoms with E-state index in [1.807, 2.05) is 6.92 Å². The first kappa shape index (κ1) is 11.2. The maximum Gasteiger partial charge on any atom is 0.207 e. The van der Waals surface area contributed by atoms with Crippen LogP contribution < -0.4 is 5.32 Å². The lowest BCUT2D eigenvalue weighted by Gasteiger charge is -2.09. The first-order valence-electron chi connectivity index (χ1n) is 5.91. The molecule has 1 fully saturated rings. The van der Waals surface area contributed by atoms with Gasteiger partial charge < -0.3 is 5.32 Å². The van der Waals surface area contributed by atoms with Crippen molar-refractivity contribution < 1.29 is 8.78 Å². The predicted molar refractivity (Wildman–Crippen MR) is 64.9 cm³/mol. The van der Waals surface area contributed by atoms with Crippen molar-refractivity contribution in [1.29, 1.82) is 0 Å². The van der Waals surface area contributed by atoms with Crippen LogP contribution in [0.2, 0.25) is 0 Å². The largest absolute Gasteiger partial charge is 0.353 e. The molecule has 2 aromatic rings. The second kappa shape index (κ2) is 4.08. The van der Waals surface area contributed by atoms with Crippen molar-refractivity contribution in [2.75, 3.05) is 5.32 Å².